The first-order valence-corrected chi connectivity index (χ1v) is 11.4. The van der Waals surface area contributed by atoms with Gasteiger partial charge in [-0.25, -0.2) is 0 Å². The quantitative estimate of drug-likeness (QED) is 0.326. The van der Waals surface area contributed by atoms with Gasteiger partial charge in [-0.05, 0) is 48.7 Å². The zero-order valence-corrected chi connectivity index (χ0v) is 19.9. The van der Waals surface area contributed by atoms with Gasteiger partial charge in [-0.2, -0.15) is 5.10 Å². The van der Waals surface area contributed by atoms with E-state index >= 15 is 0 Å². The van der Waals surface area contributed by atoms with E-state index in [4.69, 9.17) is 9.26 Å². The predicted molar refractivity (Wildman–Crippen MR) is 135 cm³/mol. The van der Waals surface area contributed by atoms with E-state index in [1.54, 1.807) is 24.0 Å². The minimum atomic E-state index is -0.370. The Morgan fingerprint density at radius 1 is 1.06 bits per heavy atom. The molecule has 0 unspecified atom stereocenters. The lowest BCUT2D eigenvalue weighted by atomic mass is 10.0. The Kier molecular flexibility index (Phi) is 6.06. The molecule has 0 spiro atoms. The van der Waals surface area contributed by atoms with Crippen molar-refractivity contribution in [1.82, 2.24) is 14.9 Å². The van der Waals surface area contributed by atoms with Crippen LogP contribution in [0.5, 0.6) is 5.75 Å². The third kappa shape index (κ3) is 4.80. The van der Waals surface area contributed by atoms with Gasteiger partial charge in [0.05, 0.1) is 24.0 Å². The van der Waals surface area contributed by atoms with Crippen molar-refractivity contribution in [2.45, 2.75) is 33.9 Å². The van der Waals surface area contributed by atoms with Crippen LogP contribution in [0.2, 0.25) is 0 Å². The molecule has 176 valence electrons. The molecule has 0 saturated carbocycles. The van der Waals surface area contributed by atoms with Gasteiger partial charge in [0.2, 0.25) is 0 Å². The van der Waals surface area contributed by atoms with Gasteiger partial charge in [-0.1, -0.05) is 65.3 Å². The highest BCUT2D eigenvalue weighted by atomic mass is 16.5. The van der Waals surface area contributed by atoms with E-state index in [1.165, 1.54) is 10.8 Å². The van der Waals surface area contributed by atoms with E-state index in [9.17, 15) is 4.79 Å². The summed E-state index contributed by atoms with van der Waals surface area (Å²) in [5.41, 5.74) is 4.75. The first kappa shape index (κ1) is 22.4. The minimum absolute atomic E-state index is 0.183. The molecule has 0 aliphatic heterocycles. The number of anilines is 1. The molecule has 0 aliphatic rings. The lowest BCUT2D eigenvalue weighted by molar-refractivity contribution is 0.101. The van der Waals surface area contributed by atoms with Crippen LogP contribution in [0.15, 0.2) is 77.6 Å². The lowest BCUT2D eigenvalue weighted by Crippen LogP contribution is -2.15. The number of hydrogen-bond acceptors (Lipinski definition) is 5. The second kappa shape index (κ2) is 9.46. The van der Waals surface area contributed by atoms with Crippen LogP contribution < -0.4 is 10.1 Å². The van der Waals surface area contributed by atoms with Crippen molar-refractivity contribution < 1.29 is 14.1 Å². The van der Waals surface area contributed by atoms with Gasteiger partial charge < -0.3 is 14.6 Å². The van der Waals surface area contributed by atoms with Gasteiger partial charge in [0.15, 0.2) is 5.69 Å². The molecule has 3 aromatic carbocycles. The van der Waals surface area contributed by atoms with Crippen molar-refractivity contribution in [3.05, 3.63) is 107 Å². The topological polar surface area (TPSA) is 82.2 Å². The van der Waals surface area contributed by atoms with Crippen LogP contribution >= 0.6 is 0 Å². The zero-order valence-electron chi connectivity index (χ0n) is 19.9. The molecule has 7 heteroatoms. The number of nitrogens with zero attached hydrogens (tertiary/aromatic N) is 3. The average Bonchev–Trinajstić information content (AvgIpc) is 3.44. The normalized spacial score (nSPS) is 11.1. The van der Waals surface area contributed by atoms with Crippen molar-refractivity contribution in [2.24, 2.45) is 0 Å². The Labute approximate surface area is 203 Å². The molecule has 5 aromatic rings. The van der Waals surface area contributed by atoms with Crippen LogP contribution in [-0.2, 0) is 13.2 Å². The highest BCUT2D eigenvalue weighted by Crippen LogP contribution is 2.23. The summed E-state index contributed by atoms with van der Waals surface area (Å²) in [6.07, 6.45) is 3.43. The van der Waals surface area contributed by atoms with Crippen molar-refractivity contribution in [3.8, 4) is 5.75 Å². The Morgan fingerprint density at radius 3 is 2.74 bits per heavy atom. The molecule has 0 atom stereocenters. The summed E-state index contributed by atoms with van der Waals surface area (Å²) < 4.78 is 13.1. The number of amides is 1. The number of fused-ring (bicyclic) bond motifs is 1. The Hall–Kier alpha value is -4.39. The minimum Gasteiger partial charge on any atom is -0.488 e. The Morgan fingerprint density at radius 2 is 1.89 bits per heavy atom. The molecule has 0 bridgehead atoms. The molecule has 2 aromatic heterocycles. The van der Waals surface area contributed by atoms with Gasteiger partial charge >= 0.3 is 0 Å². The smallest absolute Gasteiger partial charge is 0.278 e. The Balaban J connectivity index is 1.28. The predicted octanol–water partition coefficient (Wildman–Crippen LogP) is 5.83. The Bertz CT molecular complexity index is 1510. The van der Waals surface area contributed by atoms with E-state index in [1.807, 2.05) is 44.2 Å². The van der Waals surface area contributed by atoms with Crippen molar-refractivity contribution in [3.63, 3.8) is 0 Å². The summed E-state index contributed by atoms with van der Waals surface area (Å²) in [5, 5.41) is 13.6. The maximum Gasteiger partial charge on any atom is 0.278 e. The summed E-state index contributed by atoms with van der Waals surface area (Å²) in [4.78, 5) is 13.0. The van der Waals surface area contributed by atoms with Gasteiger partial charge in [-0.15, -0.1) is 0 Å². The van der Waals surface area contributed by atoms with Gasteiger partial charge in [0.25, 0.3) is 5.91 Å². The molecule has 1 amide bonds. The van der Waals surface area contributed by atoms with E-state index < -0.39 is 0 Å². The average molecular weight is 467 g/mol. The largest absolute Gasteiger partial charge is 0.488 e. The second-order valence-corrected chi connectivity index (χ2v) is 8.64. The SMILES string of the molecule is Cc1ccc(OCc2c(C(=O)Nc3cnn(Cc4cccc5ccccc45)c3)noc2C)c(C)c1. The molecule has 0 saturated heterocycles. The number of hydrogen-bond donors (Lipinski definition) is 1. The first-order chi connectivity index (χ1) is 17.0. The molecule has 35 heavy (non-hydrogen) atoms. The molecule has 0 radical (unpaired) electrons. The van der Waals surface area contributed by atoms with E-state index in [0.29, 0.717) is 23.6 Å². The van der Waals surface area contributed by atoms with Crippen LogP contribution in [0.25, 0.3) is 10.8 Å². The van der Waals surface area contributed by atoms with Crippen LogP contribution in [0.3, 0.4) is 0 Å². The number of carbonyl (C=O) groups excluding carboxylic acids is 1. The molecule has 5 rings (SSSR count). The maximum atomic E-state index is 13.0. The van der Waals surface area contributed by atoms with Crippen LogP contribution in [0.4, 0.5) is 5.69 Å². The number of benzene rings is 3. The van der Waals surface area contributed by atoms with Crippen molar-refractivity contribution in [1.29, 1.82) is 0 Å². The van der Waals surface area contributed by atoms with Crippen LogP contribution in [-0.4, -0.2) is 20.8 Å². The third-order valence-electron chi connectivity index (χ3n) is 6.01. The number of ether oxygens (including phenoxy) is 1. The van der Waals surface area contributed by atoms with E-state index in [2.05, 4.69) is 45.9 Å². The highest BCUT2D eigenvalue weighted by molar-refractivity contribution is 6.03. The van der Waals surface area contributed by atoms with Gasteiger partial charge in [-0.3, -0.25) is 9.48 Å². The lowest BCUT2D eigenvalue weighted by Gasteiger charge is -2.10. The van der Waals surface area contributed by atoms with Crippen LogP contribution in [0.1, 0.15) is 38.5 Å². The van der Waals surface area contributed by atoms with Crippen LogP contribution in [0, 0.1) is 20.8 Å². The second-order valence-electron chi connectivity index (χ2n) is 8.64. The standard InChI is InChI=1S/C28H26N4O3/c1-18-11-12-26(19(2)13-18)34-17-25-20(3)35-31-27(25)28(33)30-23-14-29-32(16-23)15-22-9-6-8-21-7-4-5-10-24(21)22/h4-14,16H,15,17H2,1-3H3,(H,30,33). The summed E-state index contributed by atoms with van der Waals surface area (Å²) in [7, 11) is 0. The number of rotatable bonds is 7. The highest BCUT2D eigenvalue weighted by Gasteiger charge is 2.21. The fourth-order valence-corrected chi connectivity index (χ4v) is 4.16. The summed E-state index contributed by atoms with van der Waals surface area (Å²) in [6.45, 7) is 6.57. The number of aromatic nitrogens is 3. The number of carbonyl (C=O) groups is 1. The number of aryl methyl sites for hydroxylation is 3. The van der Waals surface area contributed by atoms with Gasteiger partial charge in [0.1, 0.15) is 18.1 Å². The zero-order chi connectivity index (χ0) is 24.4. The molecule has 2 heterocycles. The first-order valence-electron chi connectivity index (χ1n) is 11.4. The molecular formula is C28H26N4O3. The number of nitrogens with one attached hydrogen (secondary N) is 1. The summed E-state index contributed by atoms with van der Waals surface area (Å²) >= 11 is 0. The monoisotopic (exact) mass is 466 g/mol. The molecular weight excluding hydrogens is 440 g/mol. The molecule has 7 nitrogen and oxygen atoms in total. The van der Waals surface area contributed by atoms with Crippen molar-refractivity contribution in [2.75, 3.05) is 5.32 Å². The fraction of sp³-hybridized carbons (Fsp3) is 0.179. The van der Waals surface area contributed by atoms with E-state index in [0.717, 1.165) is 22.4 Å². The van der Waals surface area contributed by atoms with Crippen molar-refractivity contribution >= 4 is 22.4 Å². The summed E-state index contributed by atoms with van der Waals surface area (Å²) in [6, 6.07) is 20.4. The molecule has 0 fully saturated rings. The van der Waals surface area contributed by atoms with Gasteiger partial charge in [0, 0.05) is 6.20 Å². The third-order valence-corrected chi connectivity index (χ3v) is 6.01. The maximum absolute atomic E-state index is 13.0. The fourth-order valence-electron chi connectivity index (χ4n) is 4.16. The van der Waals surface area contributed by atoms with E-state index in [-0.39, 0.29) is 18.2 Å². The summed E-state index contributed by atoms with van der Waals surface area (Å²) in [5.74, 6) is 0.939. The molecule has 0 aliphatic carbocycles. The molecule has 1 N–H and O–H groups in total.